The molecule has 8 heterocycles. The first-order chi connectivity index (χ1) is 30.6. The van der Waals surface area contributed by atoms with Crippen LogP contribution < -0.4 is 11.1 Å². The highest BCUT2D eigenvalue weighted by Crippen LogP contribution is 2.29. The van der Waals surface area contributed by atoms with Crippen molar-refractivity contribution in [1.82, 2.24) is 25.3 Å². The average Bonchev–Trinajstić information content (AvgIpc) is 4.14. The quantitative estimate of drug-likeness (QED) is 0.125. The Morgan fingerprint density at radius 1 is 0.667 bits per heavy atom. The third-order valence-corrected chi connectivity index (χ3v) is 12.5. The lowest BCUT2D eigenvalue weighted by Crippen LogP contribution is -2.39. The van der Waals surface area contributed by atoms with Crippen molar-refractivity contribution < 1.29 is 33.0 Å². The zero-order valence-corrected chi connectivity index (χ0v) is 36.7. The largest absolute Gasteiger partial charge is 0.477 e. The second kappa shape index (κ2) is 20.4. The van der Waals surface area contributed by atoms with E-state index in [9.17, 15) is 14.7 Å². The Balaban J connectivity index is 0.000000152. The van der Waals surface area contributed by atoms with Gasteiger partial charge < -0.3 is 34.5 Å². The van der Waals surface area contributed by atoms with Crippen molar-refractivity contribution in [2.75, 3.05) is 26.4 Å². The van der Waals surface area contributed by atoms with E-state index in [1.165, 1.54) is 16.9 Å². The van der Waals surface area contributed by atoms with Gasteiger partial charge in [0.1, 0.15) is 45.0 Å². The molecule has 0 radical (unpaired) electrons. The van der Waals surface area contributed by atoms with E-state index in [1.807, 2.05) is 61.0 Å². The zero-order chi connectivity index (χ0) is 43.7. The minimum Gasteiger partial charge on any atom is -0.477 e. The molecule has 13 nitrogen and oxygen atoms in total. The van der Waals surface area contributed by atoms with E-state index < -0.39 is 5.97 Å². The van der Waals surface area contributed by atoms with Crippen LogP contribution in [0, 0.1) is 13.8 Å². The van der Waals surface area contributed by atoms with Crippen molar-refractivity contribution in [2.24, 2.45) is 5.73 Å². The Morgan fingerprint density at radius 2 is 1.13 bits per heavy atom. The lowest BCUT2D eigenvalue weighted by Gasteiger charge is -2.23. The van der Waals surface area contributed by atoms with E-state index >= 15 is 0 Å². The van der Waals surface area contributed by atoms with Crippen LogP contribution in [-0.2, 0) is 22.3 Å². The third kappa shape index (κ3) is 11.3. The molecule has 15 heteroatoms. The summed E-state index contributed by atoms with van der Waals surface area (Å²) in [5, 5.41) is 18.4. The van der Waals surface area contributed by atoms with E-state index in [1.54, 1.807) is 29.9 Å². The second-order valence-electron chi connectivity index (χ2n) is 15.5. The van der Waals surface area contributed by atoms with Crippen molar-refractivity contribution in [3.8, 4) is 22.5 Å². The molecule has 4 N–H and O–H groups in total. The summed E-state index contributed by atoms with van der Waals surface area (Å²) in [6.07, 6.45) is 8.46. The number of hydrogen-bond acceptors (Lipinski definition) is 13. The molecule has 2 aliphatic rings. The maximum Gasteiger partial charge on any atom is 0.354 e. The summed E-state index contributed by atoms with van der Waals surface area (Å²) in [4.78, 5) is 43.3. The number of pyridine rings is 2. The van der Waals surface area contributed by atoms with Crippen molar-refractivity contribution in [2.45, 2.75) is 64.5 Å². The number of ether oxygens (including phenoxy) is 2. The summed E-state index contributed by atoms with van der Waals surface area (Å²) >= 11 is 3.01. The van der Waals surface area contributed by atoms with Crippen molar-refractivity contribution in [3.63, 3.8) is 0 Å². The molecule has 8 aromatic rings. The molecule has 0 aliphatic carbocycles. The van der Waals surface area contributed by atoms with E-state index in [0.717, 1.165) is 105 Å². The first kappa shape index (κ1) is 43.5. The summed E-state index contributed by atoms with van der Waals surface area (Å²) in [7, 11) is 0. The number of nitrogens with two attached hydrogens (primary N) is 1. The highest BCUT2D eigenvalue weighted by molar-refractivity contribution is 7.17. The first-order valence-corrected chi connectivity index (χ1v) is 22.6. The van der Waals surface area contributed by atoms with Crippen molar-refractivity contribution in [3.05, 3.63) is 142 Å². The molecule has 2 aliphatic heterocycles. The molecule has 324 valence electrons. The lowest BCUT2D eigenvalue weighted by atomic mass is 10.0. The van der Waals surface area contributed by atoms with E-state index in [-0.39, 0.29) is 17.6 Å². The zero-order valence-electron chi connectivity index (χ0n) is 35.0. The molecule has 2 fully saturated rings. The van der Waals surface area contributed by atoms with Crippen LogP contribution in [0.5, 0.6) is 0 Å². The number of hydrogen-bond donors (Lipinski definition) is 3. The number of benzene rings is 2. The molecular weight excluding hydrogens is 837 g/mol. The van der Waals surface area contributed by atoms with E-state index in [2.05, 4.69) is 55.6 Å². The van der Waals surface area contributed by atoms with Crippen LogP contribution in [0.4, 0.5) is 0 Å². The minimum absolute atomic E-state index is 0.0830. The number of carbonyl (C=O) groups excluding carboxylic acids is 1. The van der Waals surface area contributed by atoms with Crippen LogP contribution in [0.15, 0.2) is 105 Å². The summed E-state index contributed by atoms with van der Waals surface area (Å²) in [6, 6.07) is 24.6. The van der Waals surface area contributed by atoms with Gasteiger partial charge >= 0.3 is 5.97 Å². The average molecular weight is 885 g/mol. The Labute approximate surface area is 372 Å². The Bertz CT molecular complexity index is 2780. The molecule has 0 unspecified atom stereocenters. The van der Waals surface area contributed by atoms with Crippen molar-refractivity contribution in [1.29, 1.82) is 0 Å². The molecule has 0 saturated carbocycles. The Kier molecular flexibility index (Phi) is 14.1. The topological polar surface area (TPSA) is 189 Å². The van der Waals surface area contributed by atoms with E-state index in [0.29, 0.717) is 43.2 Å². The lowest BCUT2D eigenvalue weighted by molar-refractivity contribution is 0.0684. The summed E-state index contributed by atoms with van der Waals surface area (Å²) < 4.78 is 21.0. The maximum absolute atomic E-state index is 12.9. The monoisotopic (exact) mass is 884 g/mol. The second-order valence-corrected chi connectivity index (χ2v) is 17.3. The number of rotatable bonds is 9. The molecule has 63 heavy (non-hydrogen) atoms. The Hall–Kier alpha value is -6.10. The fourth-order valence-corrected chi connectivity index (χ4v) is 9.01. The smallest absolute Gasteiger partial charge is 0.354 e. The summed E-state index contributed by atoms with van der Waals surface area (Å²) in [6.45, 7) is 6.76. The number of aryl methyl sites for hydroxylation is 2. The van der Waals surface area contributed by atoms with Gasteiger partial charge in [-0.2, -0.15) is 0 Å². The molecule has 2 saturated heterocycles. The minimum atomic E-state index is -1.01. The number of thiophene rings is 2. The number of aromatic carboxylic acids is 1. The van der Waals surface area contributed by atoms with Crippen LogP contribution in [0.25, 0.3) is 42.9 Å². The van der Waals surface area contributed by atoms with Crippen LogP contribution >= 0.6 is 22.7 Å². The molecule has 6 aromatic heterocycles. The van der Waals surface area contributed by atoms with Gasteiger partial charge in [-0.05, 0) is 95.8 Å². The van der Waals surface area contributed by atoms with Gasteiger partial charge in [0.15, 0.2) is 11.8 Å². The SMILES string of the molecule is Cc1nc(-c2ccc(Cc3cc(C(=O)NC4CCOCC4)nc4sccc34)cc2)co1.Cc1nc(-c2ccc(Cc3cc(C(=O)O)nc4sccc34)cc2)co1.NC1CCOCC1. The number of carboxylic acid groups (broad SMARTS) is 1. The van der Waals surface area contributed by atoms with Crippen LogP contribution in [0.3, 0.4) is 0 Å². The van der Waals surface area contributed by atoms with Crippen LogP contribution in [-0.4, -0.2) is 75.4 Å². The number of amides is 1. The molecule has 0 bridgehead atoms. The molecule has 2 aromatic carbocycles. The molecule has 10 rings (SSSR count). The molecule has 0 atom stereocenters. The molecule has 1 amide bonds. The van der Waals surface area contributed by atoms with Gasteiger partial charge in [-0.15, -0.1) is 22.7 Å². The number of aromatic nitrogens is 4. The van der Waals surface area contributed by atoms with Gasteiger partial charge in [0, 0.05) is 74.3 Å². The third-order valence-electron chi connectivity index (χ3n) is 10.8. The van der Waals surface area contributed by atoms with Gasteiger partial charge in [0.2, 0.25) is 0 Å². The fraction of sp³-hybridized carbons (Fsp3) is 0.292. The van der Waals surface area contributed by atoms with Gasteiger partial charge in [0.05, 0.1) is 0 Å². The van der Waals surface area contributed by atoms with Gasteiger partial charge in [0.25, 0.3) is 5.91 Å². The standard InChI is InChI=1S/C24H23N3O3S.C19H14N2O3S.C5H11NO/c1-15-25-22(14-30-15)17-4-2-16(3-5-17)12-18-13-21(27-24-20(18)8-11-31-24)23(28)26-19-6-9-29-10-7-19;1-11-20-17(10-24-11)13-4-2-12(3-5-13)8-14-9-16(19(22)23)21-18-15(14)6-7-25-18;6-5-1-3-7-4-2-5/h2-5,8,11,13-14,19H,6-7,9-10,12H2,1H3,(H,26,28);2-7,9-10H,8H2,1H3,(H,22,23);5H,1-4,6H2. The number of fused-ring (bicyclic) bond motifs is 2. The summed E-state index contributed by atoms with van der Waals surface area (Å²) in [5.41, 5.74) is 14.1. The van der Waals surface area contributed by atoms with Gasteiger partial charge in [-0.1, -0.05) is 48.5 Å². The normalized spacial score (nSPS) is 14.5. The van der Waals surface area contributed by atoms with E-state index in [4.69, 9.17) is 24.0 Å². The molecule has 0 spiro atoms. The van der Waals surface area contributed by atoms with Crippen molar-refractivity contribution >= 4 is 55.0 Å². The Morgan fingerprint density at radius 3 is 1.56 bits per heavy atom. The highest BCUT2D eigenvalue weighted by atomic mass is 32.1. The number of oxazole rings is 2. The predicted octanol–water partition coefficient (Wildman–Crippen LogP) is 9.43. The van der Waals surface area contributed by atoms with Crippen LogP contribution in [0.2, 0.25) is 0 Å². The number of nitrogens with zero attached hydrogens (tertiary/aromatic N) is 4. The van der Waals surface area contributed by atoms with Gasteiger partial charge in [-0.25, -0.2) is 24.7 Å². The number of carbonyl (C=O) groups is 2. The number of carboxylic acids is 1. The van der Waals surface area contributed by atoms with Crippen LogP contribution in [0.1, 0.15) is 80.7 Å². The highest BCUT2D eigenvalue weighted by Gasteiger charge is 2.20. The summed E-state index contributed by atoms with van der Waals surface area (Å²) in [5.74, 6) is 0.174. The molecular formula is C48H48N6O7S2. The predicted molar refractivity (Wildman–Crippen MR) is 244 cm³/mol. The maximum atomic E-state index is 12.9. The number of nitrogens with one attached hydrogen (secondary N) is 1. The van der Waals surface area contributed by atoms with Gasteiger partial charge in [-0.3, -0.25) is 4.79 Å². The fourth-order valence-electron chi connectivity index (χ4n) is 7.39. The first-order valence-electron chi connectivity index (χ1n) is 20.9.